The van der Waals surface area contributed by atoms with Crippen LogP contribution in [-0.4, -0.2) is 51.6 Å². The number of carbonyl (C=O) groups is 3. The van der Waals surface area contributed by atoms with Crippen molar-refractivity contribution in [1.29, 1.82) is 5.41 Å². The molecule has 1 aromatic heterocycles. The highest BCUT2D eigenvalue weighted by Gasteiger charge is 2.38. The zero-order valence-corrected chi connectivity index (χ0v) is 22.3. The van der Waals surface area contributed by atoms with Gasteiger partial charge in [-0.2, -0.15) is 0 Å². The van der Waals surface area contributed by atoms with Gasteiger partial charge in [-0.05, 0) is 53.3 Å². The molecule has 2 aromatic carbocycles. The van der Waals surface area contributed by atoms with Crippen LogP contribution < -0.4 is 5.73 Å². The highest BCUT2D eigenvalue weighted by atomic mass is 79.9. The summed E-state index contributed by atoms with van der Waals surface area (Å²) in [5.74, 6) is -1.29. The second-order valence-corrected chi connectivity index (χ2v) is 11.0. The van der Waals surface area contributed by atoms with E-state index in [1.54, 1.807) is 21.9 Å². The van der Waals surface area contributed by atoms with Crippen molar-refractivity contribution in [3.8, 4) is 0 Å². The number of nitrogens with zero attached hydrogens (tertiary/aromatic N) is 2. The van der Waals surface area contributed by atoms with Crippen LogP contribution in [0.1, 0.15) is 53.9 Å². The molecule has 3 aromatic rings. The molecule has 0 saturated carbocycles. The standard InChI is InChI=1S/C27H25BrN4O4S/c28-21-3-1-2-19-17(21)9-11-32(24(19)22(33)12-15-4-6-16(7-5-15)26(35)36)25(34)20-14-37-23-13-31(27(29)30)10-8-18(20)23/h1-7,14,24H,8-13H2,(H3,29,30)(H,35,36). The van der Waals surface area contributed by atoms with Crippen LogP contribution in [-0.2, 0) is 30.6 Å². The molecule has 0 radical (unpaired) electrons. The van der Waals surface area contributed by atoms with E-state index in [1.165, 1.54) is 23.5 Å². The first kappa shape index (κ1) is 25.2. The molecule has 190 valence electrons. The Bertz CT molecular complexity index is 1420. The minimum atomic E-state index is -1.02. The Balaban J connectivity index is 1.47. The van der Waals surface area contributed by atoms with Crippen LogP contribution in [0.3, 0.4) is 0 Å². The van der Waals surface area contributed by atoms with Gasteiger partial charge < -0.3 is 20.6 Å². The molecule has 0 fully saturated rings. The van der Waals surface area contributed by atoms with Crippen molar-refractivity contribution in [2.45, 2.75) is 31.8 Å². The van der Waals surface area contributed by atoms with Gasteiger partial charge in [0.15, 0.2) is 11.7 Å². The van der Waals surface area contributed by atoms with E-state index in [4.69, 9.17) is 11.1 Å². The molecule has 1 unspecified atom stereocenters. The number of carbonyl (C=O) groups excluding carboxylic acids is 2. The largest absolute Gasteiger partial charge is 0.478 e. The van der Waals surface area contributed by atoms with Gasteiger partial charge in [0.2, 0.25) is 0 Å². The first-order chi connectivity index (χ1) is 17.7. The summed E-state index contributed by atoms with van der Waals surface area (Å²) in [6.45, 7) is 1.49. The Hall–Kier alpha value is -3.50. The fraction of sp³-hybridized carbons (Fsp3) is 0.259. The fourth-order valence-electron chi connectivity index (χ4n) is 5.12. The minimum absolute atomic E-state index is 0.0205. The number of thiophene rings is 1. The number of amides is 1. The van der Waals surface area contributed by atoms with E-state index in [0.29, 0.717) is 43.6 Å². The lowest BCUT2D eigenvalue weighted by atomic mass is 9.87. The van der Waals surface area contributed by atoms with Gasteiger partial charge >= 0.3 is 5.97 Å². The molecule has 37 heavy (non-hydrogen) atoms. The van der Waals surface area contributed by atoms with Crippen molar-refractivity contribution < 1.29 is 19.5 Å². The molecule has 1 amide bonds. The summed E-state index contributed by atoms with van der Waals surface area (Å²) in [4.78, 5) is 43.4. The zero-order chi connectivity index (χ0) is 26.3. The molecule has 8 nitrogen and oxygen atoms in total. The monoisotopic (exact) mass is 580 g/mol. The van der Waals surface area contributed by atoms with E-state index in [0.717, 1.165) is 26.0 Å². The van der Waals surface area contributed by atoms with Crippen LogP contribution in [0.4, 0.5) is 0 Å². The number of nitrogens with two attached hydrogens (primary N) is 1. The van der Waals surface area contributed by atoms with Gasteiger partial charge in [-0.1, -0.05) is 40.2 Å². The summed E-state index contributed by atoms with van der Waals surface area (Å²) >= 11 is 5.10. The van der Waals surface area contributed by atoms with Gasteiger partial charge in [0.25, 0.3) is 5.91 Å². The second kappa shape index (κ2) is 10.1. The molecule has 0 spiro atoms. The zero-order valence-electron chi connectivity index (χ0n) is 19.9. The van der Waals surface area contributed by atoms with E-state index in [-0.39, 0.29) is 29.6 Å². The SMILES string of the molecule is N=C(N)N1CCc2c(C(=O)N3CCc4c(Br)cccc4C3C(=O)Cc3ccc(C(=O)O)cc3)csc2C1. The number of halogens is 1. The lowest BCUT2D eigenvalue weighted by molar-refractivity contribution is -0.123. The summed E-state index contributed by atoms with van der Waals surface area (Å²) in [7, 11) is 0. The normalized spacial score (nSPS) is 16.6. The predicted molar refractivity (Wildman–Crippen MR) is 144 cm³/mol. The van der Waals surface area contributed by atoms with E-state index >= 15 is 0 Å². The number of ketones is 1. The third-order valence-corrected chi connectivity index (χ3v) is 8.78. The first-order valence-corrected chi connectivity index (χ1v) is 13.5. The van der Waals surface area contributed by atoms with E-state index < -0.39 is 12.0 Å². The summed E-state index contributed by atoms with van der Waals surface area (Å²) in [6.07, 6.45) is 1.32. The molecule has 4 N–H and O–H groups in total. The van der Waals surface area contributed by atoms with E-state index in [1.807, 2.05) is 23.6 Å². The minimum Gasteiger partial charge on any atom is -0.478 e. The fourth-order valence-corrected chi connectivity index (χ4v) is 6.79. The van der Waals surface area contributed by atoms with Crippen LogP contribution in [0.2, 0.25) is 0 Å². The number of fused-ring (bicyclic) bond motifs is 2. The molecule has 0 aliphatic carbocycles. The van der Waals surface area contributed by atoms with Crippen LogP contribution >= 0.6 is 27.3 Å². The quantitative estimate of drug-likeness (QED) is 0.309. The van der Waals surface area contributed by atoms with Crippen LogP contribution in [0.25, 0.3) is 0 Å². The maximum Gasteiger partial charge on any atom is 0.335 e. The van der Waals surface area contributed by atoms with Crippen LogP contribution in [0.15, 0.2) is 52.3 Å². The number of Topliss-reactive ketones (excluding diaryl/α,β-unsaturated/α-hetero) is 1. The number of guanidine groups is 1. The molecule has 0 bridgehead atoms. The third kappa shape index (κ3) is 4.78. The number of aromatic carboxylic acids is 1. The number of rotatable bonds is 5. The Labute approximate surface area is 226 Å². The highest BCUT2D eigenvalue weighted by molar-refractivity contribution is 9.10. The maximum atomic E-state index is 14.0. The number of hydrogen-bond donors (Lipinski definition) is 3. The summed E-state index contributed by atoms with van der Waals surface area (Å²) < 4.78 is 0.915. The maximum absolute atomic E-state index is 14.0. The Kier molecular flexibility index (Phi) is 6.87. The van der Waals surface area contributed by atoms with E-state index in [2.05, 4.69) is 15.9 Å². The third-order valence-electron chi connectivity index (χ3n) is 7.03. The average molecular weight is 581 g/mol. The molecular weight excluding hydrogens is 556 g/mol. The molecule has 10 heteroatoms. The summed E-state index contributed by atoms with van der Waals surface area (Å²) in [5.41, 5.74) is 9.95. The Morgan fingerprint density at radius 3 is 2.51 bits per heavy atom. The lowest BCUT2D eigenvalue weighted by Crippen LogP contribution is -2.44. The van der Waals surface area contributed by atoms with Gasteiger partial charge in [0.05, 0.1) is 17.7 Å². The van der Waals surface area contributed by atoms with E-state index in [9.17, 15) is 19.5 Å². The lowest BCUT2D eigenvalue weighted by Gasteiger charge is -2.37. The first-order valence-electron chi connectivity index (χ1n) is 11.9. The van der Waals surface area contributed by atoms with Gasteiger partial charge in [-0.3, -0.25) is 15.0 Å². The number of carboxylic acid groups (broad SMARTS) is 1. The number of hydrogen-bond acceptors (Lipinski definition) is 5. The van der Waals surface area contributed by atoms with Crippen molar-refractivity contribution in [1.82, 2.24) is 9.80 Å². The molecule has 5 rings (SSSR count). The van der Waals surface area contributed by atoms with Gasteiger partial charge in [0, 0.05) is 34.2 Å². The number of nitrogens with one attached hydrogen (secondary N) is 1. The van der Waals surface area contributed by atoms with Crippen molar-refractivity contribution >= 4 is 50.9 Å². The molecule has 2 aliphatic heterocycles. The van der Waals surface area contributed by atoms with Crippen LogP contribution in [0.5, 0.6) is 0 Å². The topological polar surface area (TPSA) is 128 Å². The van der Waals surface area contributed by atoms with Crippen molar-refractivity contribution in [3.05, 3.63) is 90.6 Å². The smallest absolute Gasteiger partial charge is 0.335 e. The van der Waals surface area contributed by atoms with Crippen molar-refractivity contribution in [2.75, 3.05) is 13.1 Å². The molecule has 3 heterocycles. The van der Waals surface area contributed by atoms with Gasteiger partial charge in [-0.25, -0.2) is 4.79 Å². The van der Waals surface area contributed by atoms with Crippen molar-refractivity contribution in [2.24, 2.45) is 5.73 Å². The van der Waals surface area contributed by atoms with Crippen LogP contribution in [0, 0.1) is 5.41 Å². The Morgan fingerprint density at radius 2 is 1.81 bits per heavy atom. The molecule has 0 saturated heterocycles. The number of carboxylic acids is 1. The Morgan fingerprint density at radius 1 is 1.08 bits per heavy atom. The molecular formula is C27H25BrN4O4S. The second-order valence-electron chi connectivity index (χ2n) is 9.21. The van der Waals surface area contributed by atoms with Gasteiger partial charge in [0.1, 0.15) is 6.04 Å². The van der Waals surface area contributed by atoms with Crippen molar-refractivity contribution in [3.63, 3.8) is 0 Å². The highest BCUT2D eigenvalue weighted by Crippen LogP contribution is 2.38. The average Bonchev–Trinajstić information content (AvgIpc) is 3.31. The summed E-state index contributed by atoms with van der Waals surface area (Å²) in [5, 5.41) is 18.8. The molecule has 2 aliphatic rings. The number of benzene rings is 2. The molecule has 1 atom stereocenters. The van der Waals surface area contributed by atoms with Gasteiger partial charge in [-0.15, -0.1) is 11.3 Å². The summed E-state index contributed by atoms with van der Waals surface area (Å²) in [6, 6.07) is 11.2. The predicted octanol–water partition coefficient (Wildman–Crippen LogP) is 4.01.